The summed E-state index contributed by atoms with van der Waals surface area (Å²) in [6.45, 7) is 5.14. The minimum absolute atomic E-state index is 0.512. The molecular weight excluding hydrogens is 160 g/mol. The van der Waals surface area contributed by atoms with Crippen molar-refractivity contribution in [1.82, 2.24) is 4.98 Å². The molecule has 0 aromatic carbocycles. The lowest BCUT2D eigenvalue weighted by atomic mass is 9.96. The maximum Gasteiger partial charge on any atom is 0.0184 e. The van der Waals surface area contributed by atoms with Crippen molar-refractivity contribution in [2.24, 2.45) is 5.73 Å². The highest BCUT2D eigenvalue weighted by Crippen LogP contribution is 2.32. The molecule has 1 atom stereocenters. The zero-order valence-electron chi connectivity index (χ0n) is 8.48. The predicted octanol–water partition coefficient (Wildman–Crippen LogP) is 1.87. The number of aryl methyl sites for hydroxylation is 2. The first-order chi connectivity index (χ1) is 6.24. The number of hydrogen-bond acceptors (Lipinski definition) is 1. The van der Waals surface area contributed by atoms with Crippen LogP contribution in [0.2, 0.25) is 0 Å². The van der Waals surface area contributed by atoms with Crippen LogP contribution in [0, 0.1) is 6.92 Å². The molecule has 13 heavy (non-hydrogen) atoms. The Morgan fingerprint density at radius 3 is 2.92 bits per heavy atom. The highest BCUT2D eigenvalue weighted by atomic mass is 14.7. The van der Waals surface area contributed by atoms with Gasteiger partial charge in [0.1, 0.15) is 0 Å². The summed E-state index contributed by atoms with van der Waals surface area (Å²) in [6, 6.07) is 0. The van der Waals surface area contributed by atoms with Gasteiger partial charge in [-0.25, -0.2) is 0 Å². The van der Waals surface area contributed by atoms with Crippen LogP contribution in [0.4, 0.5) is 0 Å². The van der Waals surface area contributed by atoms with E-state index in [4.69, 9.17) is 5.73 Å². The van der Waals surface area contributed by atoms with Gasteiger partial charge < -0.3 is 10.7 Å². The lowest BCUT2D eigenvalue weighted by Gasteiger charge is -2.10. The third kappa shape index (κ3) is 1.29. The van der Waals surface area contributed by atoms with Crippen LogP contribution in [0.25, 0.3) is 0 Å². The Morgan fingerprint density at radius 1 is 1.46 bits per heavy atom. The summed E-state index contributed by atoms with van der Waals surface area (Å²) in [5.41, 5.74) is 11.6. The Kier molecular flexibility index (Phi) is 2.16. The molecule has 1 aromatic heterocycles. The second-order valence-electron chi connectivity index (χ2n) is 4.11. The van der Waals surface area contributed by atoms with Gasteiger partial charge in [0, 0.05) is 11.4 Å². The summed E-state index contributed by atoms with van der Waals surface area (Å²) in [7, 11) is 0. The van der Waals surface area contributed by atoms with E-state index >= 15 is 0 Å². The van der Waals surface area contributed by atoms with Crippen molar-refractivity contribution in [3.8, 4) is 0 Å². The van der Waals surface area contributed by atoms with Crippen LogP contribution < -0.4 is 5.73 Å². The number of H-pyrrole nitrogens is 1. The van der Waals surface area contributed by atoms with Crippen molar-refractivity contribution in [2.45, 2.75) is 39.0 Å². The summed E-state index contributed by atoms with van der Waals surface area (Å²) < 4.78 is 0. The fourth-order valence-corrected chi connectivity index (χ4v) is 2.48. The molecule has 0 radical (unpaired) electrons. The van der Waals surface area contributed by atoms with Gasteiger partial charge in [-0.2, -0.15) is 0 Å². The number of aromatic amines is 1. The lowest BCUT2D eigenvalue weighted by molar-refractivity contribution is 0.753. The van der Waals surface area contributed by atoms with Gasteiger partial charge in [-0.15, -0.1) is 0 Å². The quantitative estimate of drug-likeness (QED) is 0.713. The zero-order chi connectivity index (χ0) is 9.42. The van der Waals surface area contributed by atoms with Gasteiger partial charge in [0.2, 0.25) is 0 Å². The Labute approximate surface area is 79.5 Å². The summed E-state index contributed by atoms with van der Waals surface area (Å²) in [6.07, 6.45) is 3.79. The van der Waals surface area contributed by atoms with E-state index in [0.29, 0.717) is 5.92 Å². The number of nitrogens with two attached hydrogens (primary N) is 1. The fraction of sp³-hybridized carbons (Fsp3) is 0.636. The van der Waals surface area contributed by atoms with Crippen LogP contribution in [0.15, 0.2) is 0 Å². The van der Waals surface area contributed by atoms with Gasteiger partial charge >= 0.3 is 0 Å². The van der Waals surface area contributed by atoms with E-state index < -0.39 is 0 Å². The van der Waals surface area contributed by atoms with Crippen LogP contribution in [-0.2, 0) is 12.8 Å². The molecule has 0 amide bonds. The predicted molar refractivity (Wildman–Crippen MR) is 55.0 cm³/mol. The fourth-order valence-electron chi connectivity index (χ4n) is 2.48. The molecule has 1 heterocycles. The van der Waals surface area contributed by atoms with Crippen molar-refractivity contribution >= 4 is 0 Å². The number of fused-ring (bicyclic) bond motifs is 1. The normalized spacial score (nSPS) is 17.5. The maximum absolute atomic E-state index is 5.71. The third-order valence-electron chi connectivity index (χ3n) is 3.13. The van der Waals surface area contributed by atoms with E-state index in [1.165, 1.54) is 36.2 Å². The van der Waals surface area contributed by atoms with Crippen molar-refractivity contribution in [3.05, 3.63) is 22.5 Å². The van der Waals surface area contributed by atoms with Crippen molar-refractivity contribution in [1.29, 1.82) is 0 Å². The Balaban J connectivity index is 2.43. The highest BCUT2D eigenvalue weighted by molar-refractivity contribution is 5.41. The van der Waals surface area contributed by atoms with E-state index in [-0.39, 0.29) is 0 Å². The van der Waals surface area contributed by atoms with E-state index in [9.17, 15) is 0 Å². The van der Waals surface area contributed by atoms with Gasteiger partial charge in [0.05, 0.1) is 0 Å². The number of aromatic nitrogens is 1. The van der Waals surface area contributed by atoms with Crippen LogP contribution in [0.5, 0.6) is 0 Å². The van der Waals surface area contributed by atoms with Crippen LogP contribution in [0.3, 0.4) is 0 Å². The van der Waals surface area contributed by atoms with Crippen molar-refractivity contribution in [3.63, 3.8) is 0 Å². The molecule has 2 rings (SSSR count). The molecule has 1 aromatic rings. The molecule has 1 aliphatic rings. The summed E-state index contributed by atoms with van der Waals surface area (Å²) in [4.78, 5) is 3.48. The molecule has 3 N–H and O–H groups in total. The van der Waals surface area contributed by atoms with E-state index in [0.717, 1.165) is 6.54 Å². The van der Waals surface area contributed by atoms with E-state index in [1.54, 1.807) is 5.56 Å². The smallest absolute Gasteiger partial charge is 0.0184 e. The van der Waals surface area contributed by atoms with E-state index in [1.807, 2.05) is 0 Å². The molecule has 0 aliphatic heterocycles. The molecule has 1 unspecified atom stereocenters. The maximum atomic E-state index is 5.71. The summed E-state index contributed by atoms with van der Waals surface area (Å²) in [5, 5.41) is 0. The SMILES string of the molecule is Cc1[nH]c2c(c1C(C)CN)CCC2. The topological polar surface area (TPSA) is 41.8 Å². The molecule has 1 aliphatic carbocycles. The van der Waals surface area contributed by atoms with Gasteiger partial charge in [-0.1, -0.05) is 6.92 Å². The van der Waals surface area contributed by atoms with E-state index in [2.05, 4.69) is 18.8 Å². The molecule has 72 valence electrons. The summed E-state index contributed by atoms with van der Waals surface area (Å²) in [5.74, 6) is 0.512. The van der Waals surface area contributed by atoms with Crippen molar-refractivity contribution in [2.75, 3.05) is 6.54 Å². The van der Waals surface area contributed by atoms with Gasteiger partial charge in [0.25, 0.3) is 0 Å². The Hall–Kier alpha value is -0.760. The monoisotopic (exact) mass is 178 g/mol. The van der Waals surface area contributed by atoms with Crippen LogP contribution in [0.1, 0.15) is 41.8 Å². The number of nitrogens with one attached hydrogen (secondary N) is 1. The van der Waals surface area contributed by atoms with Gasteiger partial charge in [0.15, 0.2) is 0 Å². The molecule has 2 heteroatoms. The largest absolute Gasteiger partial charge is 0.362 e. The molecule has 0 fully saturated rings. The Bertz CT molecular complexity index is 312. The number of hydrogen-bond donors (Lipinski definition) is 2. The third-order valence-corrected chi connectivity index (χ3v) is 3.13. The van der Waals surface area contributed by atoms with Crippen LogP contribution in [-0.4, -0.2) is 11.5 Å². The summed E-state index contributed by atoms with van der Waals surface area (Å²) >= 11 is 0. The standard InChI is InChI=1S/C11H18N2/c1-7(6-12)11-8(2)13-10-5-3-4-9(10)11/h7,13H,3-6,12H2,1-2H3. The van der Waals surface area contributed by atoms with Gasteiger partial charge in [-0.3, -0.25) is 0 Å². The first-order valence-corrected chi connectivity index (χ1v) is 5.14. The minimum atomic E-state index is 0.512. The molecular formula is C11H18N2. The molecule has 0 spiro atoms. The first kappa shape index (κ1) is 8.82. The van der Waals surface area contributed by atoms with Crippen LogP contribution >= 0.6 is 0 Å². The van der Waals surface area contributed by atoms with Gasteiger partial charge in [-0.05, 0) is 49.8 Å². The molecule has 0 saturated carbocycles. The second-order valence-corrected chi connectivity index (χ2v) is 4.11. The number of rotatable bonds is 2. The molecule has 2 nitrogen and oxygen atoms in total. The minimum Gasteiger partial charge on any atom is -0.362 e. The average Bonchev–Trinajstić information content (AvgIpc) is 2.62. The highest BCUT2D eigenvalue weighted by Gasteiger charge is 2.21. The molecule has 0 saturated heterocycles. The average molecular weight is 178 g/mol. The zero-order valence-corrected chi connectivity index (χ0v) is 8.48. The molecule has 0 bridgehead atoms. The van der Waals surface area contributed by atoms with Crippen molar-refractivity contribution < 1.29 is 0 Å². The Morgan fingerprint density at radius 2 is 2.23 bits per heavy atom. The second kappa shape index (κ2) is 3.18. The lowest BCUT2D eigenvalue weighted by Crippen LogP contribution is -2.10. The first-order valence-electron chi connectivity index (χ1n) is 5.14.